The van der Waals surface area contributed by atoms with Gasteiger partial charge in [0.15, 0.2) is 5.82 Å². The summed E-state index contributed by atoms with van der Waals surface area (Å²) in [7, 11) is 0. The van der Waals surface area contributed by atoms with E-state index in [1.54, 1.807) is 6.07 Å². The highest BCUT2D eigenvalue weighted by atomic mass is 35.5. The lowest BCUT2D eigenvalue weighted by Crippen LogP contribution is -1.92. The molecule has 1 aromatic carbocycles. The summed E-state index contributed by atoms with van der Waals surface area (Å²) >= 11 is 12.1. The Morgan fingerprint density at radius 2 is 2.17 bits per heavy atom. The van der Waals surface area contributed by atoms with Crippen molar-refractivity contribution >= 4 is 23.2 Å². The van der Waals surface area contributed by atoms with Gasteiger partial charge in [-0.15, -0.1) is 11.6 Å². The third kappa shape index (κ3) is 2.85. The second kappa shape index (κ2) is 5.72. The maximum Gasteiger partial charge on any atom is 0.258 e. The molecule has 2 aromatic rings. The summed E-state index contributed by atoms with van der Waals surface area (Å²) in [6.07, 6.45) is 1.82. The van der Waals surface area contributed by atoms with Crippen LogP contribution < -0.4 is 0 Å². The second-order valence-electron chi connectivity index (χ2n) is 4.17. The van der Waals surface area contributed by atoms with Crippen molar-refractivity contribution in [3.63, 3.8) is 0 Å². The number of rotatable bonds is 4. The summed E-state index contributed by atoms with van der Waals surface area (Å²) in [6, 6.07) is 5.54. The Bertz CT molecular complexity index is 540. The Labute approximate surface area is 116 Å². The predicted octanol–water partition coefficient (Wildman–Crippen LogP) is 4.78. The van der Waals surface area contributed by atoms with Crippen LogP contribution in [-0.4, -0.2) is 10.1 Å². The Morgan fingerprint density at radius 1 is 1.39 bits per heavy atom. The van der Waals surface area contributed by atoms with Gasteiger partial charge < -0.3 is 4.52 Å². The lowest BCUT2D eigenvalue weighted by atomic mass is 10.1. The molecule has 18 heavy (non-hydrogen) atoms. The highest BCUT2D eigenvalue weighted by Crippen LogP contribution is 2.28. The first kappa shape index (κ1) is 13.4. The van der Waals surface area contributed by atoms with Gasteiger partial charge in [-0.3, -0.25) is 0 Å². The van der Waals surface area contributed by atoms with Gasteiger partial charge in [0.2, 0.25) is 0 Å². The van der Waals surface area contributed by atoms with Crippen molar-refractivity contribution in [2.75, 3.05) is 0 Å². The molecule has 0 amide bonds. The molecule has 1 unspecified atom stereocenters. The topological polar surface area (TPSA) is 38.9 Å². The lowest BCUT2D eigenvalue weighted by molar-refractivity contribution is 0.420. The van der Waals surface area contributed by atoms with E-state index >= 15 is 0 Å². The molecule has 2 rings (SSSR count). The van der Waals surface area contributed by atoms with E-state index in [4.69, 9.17) is 27.7 Å². The van der Waals surface area contributed by atoms with Gasteiger partial charge in [0.25, 0.3) is 5.89 Å². The van der Waals surface area contributed by atoms with E-state index in [0.29, 0.717) is 16.7 Å². The van der Waals surface area contributed by atoms with Crippen LogP contribution in [0.2, 0.25) is 5.02 Å². The molecule has 0 aliphatic heterocycles. The quantitative estimate of drug-likeness (QED) is 0.759. The number of nitrogens with zero attached hydrogens (tertiary/aromatic N) is 2. The van der Waals surface area contributed by atoms with E-state index in [2.05, 4.69) is 17.1 Å². The second-order valence-corrected chi connectivity index (χ2v) is 5.14. The molecule has 0 aliphatic carbocycles. The van der Waals surface area contributed by atoms with Gasteiger partial charge in [0.1, 0.15) is 0 Å². The molecule has 5 heteroatoms. The molecule has 0 aliphatic rings. The normalized spacial score (nSPS) is 12.7. The minimum atomic E-state index is -0.194. The fraction of sp³-hybridized carbons (Fsp3) is 0.385. The fourth-order valence-corrected chi connectivity index (χ4v) is 2.25. The van der Waals surface area contributed by atoms with Crippen molar-refractivity contribution in [2.45, 2.75) is 32.1 Å². The number of aromatic nitrogens is 2. The highest BCUT2D eigenvalue weighted by molar-refractivity contribution is 6.30. The maximum atomic E-state index is 6.17. The van der Waals surface area contributed by atoms with E-state index in [1.807, 2.05) is 19.1 Å². The average molecular weight is 285 g/mol. The number of aryl methyl sites for hydroxylation is 1. The number of hydrogen-bond donors (Lipinski definition) is 0. The summed E-state index contributed by atoms with van der Waals surface area (Å²) in [5.74, 6) is 1.03. The minimum absolute atomic E-state index is 0.194. The number of halogens is 2. The first-order valence-corrected chi connectivity index (χ1v) is 6.67. The Balaban J connectivity index is 2.29. The van der Waals surface area contributed by atoms with Crippen molar-refractivity contribution < 1.29 is 4.52 Å². The Morgan fingerprint density at radius 3 is 2.83 bits per heavy atom. The minimum Gasteiger partial charge on any atom is -0.334 e. The maximum absolute atomic E-state index is 6.17. The van der Waals surface area contributed by atoms with Crippen LogP contribution in [0.4, 0.5) is 0 Å². The zero-order valence-electron chi connectivity index (χ0n) is 10.3. The Hall–Kier alpha value is -1.06. The van der Waals surface area contributed by atoms with Crippen molar-refractivity contribution in [1.82, 2.24) is 10.1 Å². The molecule has 0 fully saturated rings. The molecule has 0 saturated carbocycles. The number of hydrogen-bond acceptors (Lipinski definition) is 3. The third-order valence-corrected chi connectivity index (χ3v) is 3.33. The molecule has 96 valence electrons. The molecular weight excluding hydrogens is 271 g/mol. The van der Waals surface area contributed by atoms with E-state index < -0.39 is 0 Å². The van der Waals surface area contributed by atoms with Crippen molar-refractivity contribution in [3.05, 3.63) is 34.6 Å². The van der Waals surface area contributed by atoms with Crippen molar-refractivity contribution in [1.29, 1.82) is 0 Å². The van der Waals surface area contributed by atoms with Crippen molar-refractivity contribution in [3.8, 4) is 11.5 Å². The number of benzene rings is 1. The summed E-state index contributed by atoms with van der Waals surface area (Å²) < 4.78 is 5.25. The Kier molecular flexibility index (Phi) is 4.25. The molecule has 1 atom stereocenters. The first-order chi connectivity index (χ1) is 8.61. The standard InChI is InChI=1S/C13H14Cl2N2O/c1-3-4-11(15)12-16-13(18-17-12)10-6-5-9(14)7-8(10)2/h5-7,11H,3-4H2,1-2H3. The molecule has 0 saturated heterocycles. The smallest absolute Gasteiger partial charge is 0.258 e. The molecule has 1 aromatic heterocycles. The van der Waals surface area contributed by atoms with Crippen LogP contribution in [0.1, 0.15) is 36.5 Å². The average Bonchev–Trinajstić information content (AvgIpc) is 2.78. The van der Waals surface area contributed by atoms with Crippen LogP contribution in [-0.2, 0) is 0 Å². The molecule has 0 bridgehead atoms. The van der Waals surface area contributed by atoms with Crippen LogP contribution in [0.5, 0.6) is 0 Å². The molecule has 3 nitrogen and oxygen atoms in total. The molecule has 0 N–H and O–H groups in total. The van der Waals surface area contributed by atoms with Gasteiger partial charge in [0.05, 0.1) is 5.38 Å². The molecule has 1 heterocycles. The van der Waals surface area contributed by atoms with Crippen LogP contribution >= 0.6 is 23.2 Å². The van der Waals surface area contributed by atoms with Crippen molar-refractivity contribution in [2.24, 2.45) is 0 Å². The molecular formula is C13H14Cl2N2O. The third-order valence-electron chi connectivity index (χ3n) is 2.68. The van der Waals surface area contributed by atoms with Crippen LogP contribution in [0, 0.1) is 6.92 Å². The van der Waals surface area contributed by atoms with Gasteiger partial charge in [0, 0.05) is 10.6 Å². The largest absolute Gasteiger partial charge is 0.334 e. The SMILES string of the molecule is CCCC(Cl)c1noc(-c2ccc(Cl)cc2C)n1. The summed E-state index contributed by atoms with van der Waals surface area (Å²) in [4.78, 5) is 4.34. The van der Waals surface area contributed by atoms with Gasteiger partial charge in [-0.2, -0.15) is 4.98 Å². The summed E-state index contributed by atoms with van der Waals surface area (Å²) in [6.45, 7) is 4.02. The van der Waals surface area contributed by atoms with Gasteiger partial charge in [-0.1, -0.05) is 30.1 Å². The predicted molar refractivity (Wildman–Crippen MR) is 73.0 cm³/mol. The zero-order chi connectivity index (χ0) is 13.1. The van der Waals surface area contributed by atoms with E-state index in [-0.39, 0.29) is 5.38 Å². The molecule has 0 radical (unpaired) electrons. The zero-order valence-corrected chi connectivity index (χ0v) is 11.8. The molecule has 0 spiro atoms. The van der Waals surface area contributed by atoms with Crippen LogP contribution in [0.15, 0.2) is 22.7 Å². The lowest BCUT2D eigenvalue weighted by Gasteiger charge is -2.01. The number of alkyl halides is 1. The fourth-order valence-electron chi connectivity index (χ4n) is 1.72. The first-order valence-electron chi connectivity index (χ1n) is 5.86. The monoisotopic (exact) mass is 284 g/mol. The van der Waals surface area contributed by atoms with Crippen LogP contribution in [0.3, 0.4) is 0 Å². The van der Waals surface area contributed by atoms with E-state index in [1.165, 1.54) is 0 Å². The van der Waals surface area contributed by atoms with Gasteiger partial charge in [-0.05, 0) is 37.1 Å². The highest BCUT2D eigenvalue weighted by Gasteiger charge is 2.16. The van der Waals surface area contributed by atoms with Gasteiger partial charge in [-0.25, -0.2) is 0 Å². The van der Waals surface area contributed by atoms with Crippen LogP contribution in [0.25, 0.3) is 11.5 Å². The van der Waals surface area contributed by atoms with Gasteiger partial charge >= 0.3 is 0 Å². The summed E-state index contributed by atoms with van der Waals surface area (Å²) in [5.41, 5.74) is 1.89. The van der Waals surface area contributed by atoms with E-state index in [0.717, 1.165) is 24.0 Å². The van der Waals surface area contributed by atoms with E-state index in [9.17, 15) is 0 Å². The summed E-state index contributed by atoms with van der Waals surface area (Å²) in [5, 5.41) is 4.42.